The van der Waals surface area contributed by atoms with Crippen molar-refractivity contribution in [2.75, 3.05) is 73.0 Å². The van der Waals surface area contributed by atoms with Gasteiger partial charge in [0.15, 0.2) is 5.96 Å². The number of piperidine rings is 3. The first kappa shape index (κ1) is 26.1. The van der Waals surface area contributed by atoms with Gasteiger partial charge < -0.3 is 20.4 Å². The highest BCUT2D eigenvalue weighted by Crippen LogP contribution is 2.30. The van der Waals surface area contributed by atoms with Gasteiger partial charge in [-0.15, -0.1) is 24.0 Å². The average Bonchev–Trinajstić information content (AvgIpc) is 2.76. The van der Waals surface area contributed by atoms with Crippen molar-refractivity contribution in [3.8, 4) is 0 Å². The first-order chi connectivity index (χ1) is 14.1. The molecule has 0 radical (unpaired) electrons. The van der Waals surface area contributed by atoms with Gasteiger partial charge in [0.25, 0.3) is 0 Å². The Kier molecular flexibility index (Phi) is 11.7. The van der Waals surface area contributed by atoms with Gasteiger partial charge in [0.05, 0.1) is 0 Å². The van der Waals surface area contributed by atoms with Crippen LogP contribution in [0.5, 0.6) is 0 Å². The Labute approximate surface area is 202 Å². The Morgan fingerprint density at radius 3 is 2.27 bits per heavy atom. The second kappa shape index (κ2) is 13.4. The van der Waals surface area contributed by atoms with E-state index in [0.717, 1.165) is 25.0 Å². The maximum atomic E-state index is 4.51. The Bertz CT molecular complexity index is 492. The summed E-state index contributed by atoms with van der Waals surface area (Å²) in [5.41, 5.74) is 0.301. The average molecular weight is 535 g/mol. The molecule has 0 aromatic carbocycles. The molecule has 2 N–H and O–H groups in total. The third kappa shape index (κ3) is 7.78. The zero-order chi connectivity index (χ0) is 20.5. The molecule has 0 amide bonds. The van der Waals surface area contributed by atoms with Crippen LogP contribution in [0.15, 0.2) is 4.99 Å². The lowest BCUT2D eigenvalue weighted by Gasteiger charge is -2.50. The number of nitrogens with one attached hydrogen (secondary N) is 2. The van der Waals surface area contributed by atoms with Crippen LogP contribution in [0, 0.1) is 5.92 Å². The number of hydrogen-bond donors (Lipinski definition) is 2. The van der Waals surface area contributed by atoms with Crippen LogP contribution < -0.4 is 10.6 Å². The molecule has 0 aromatic heterocycles. The molecule has 0 unspecified atom stereocenters. The predicted molar refractivity (Wildman–Crippen MR) is 139 cm³/mol. The summed E-state index contributed by atoms with van der Waals surface area (Å²) in [5.74, 6) is 1.90. The molecule has 6 nitrogen and oxygen atoms in total. The number of guanidine groups is 1. The van der Waals surface area contributed by atoms with E-state index in [1.165, 1.54) is 97.2 Å². The number of rotatable bonds is 7. The van der Waals surface area contributed by atoms with Crippen LogP contribution in [-0.2, 0) is 0 Å². The van der Waals surface area contributed by atoms with Crippen molar-refractivity contribution < 1.29 is 0 Å². The standard InChI is InChI=1S/C23H46N6.HI/c1-21-8-16-28(17-9-21)13-7-12-25-22(24-2)26-20-23(10-18-27(3)19-11-23)29-14-5-4-6-15-29;/h21H,4-20H2,1-3H3,(H2,24,25,26);1H. The molecule has 0 saturated carbocycles. The van der Waals surface area contributed by atoms with Crippen LogP contribution in [0.1, 0.15) is 58.3 Å². The van der Waals surface area contributed by atoms with Crippen LogP contribution >= 0.6 is 24.0 Å². The van der Waals surface area contributed by atoms with Crippen molar-refractivity contribution >= 4 is 29.9 Å². The van der Waals surface area contributed by atoms with E-state index < -0.39 is 0 Å². The summed E-state index contributed by atoms with van der Waals surface area (Å²) >= 11 is 0. The van der Waals surface area contributed by atoms with Gasteiger partial charge in [-0.1, -0.05) is 13.3 Å². The van der Waals surface area contributed by atoms with Crippen LogP contribution in [0.25, 0.3) is 0 Å². The highest BCUT2D eigenvalue weighted by atomic mass is 127. The zero-order valence-electron chi connectivity index (χ0n) is 19.8. The zero-order valence-corrected chi connectivity index (χ0v) is 22.1. The molecule has 3 aliphatic rings. The molecule has 3 fully saturated rings. The first-order valence-corrected chi connectivity index (χ1v) is 12.2. The summed E-state index contributed by atoms with van der Waals surface area (Å²) in [6.45, 7) is 13.1. The Hall–Kier alpha value is -0.120. The lowest BCUT2D eigenvalue weighted by atomic mass is 9.84. The molecule has 3 heterocycles. The van der Waals surface area contributed by atoms with Crippen LogP contribution in [0.3, 0.4) is 0 Å². The molecular formula is C23H47IN6. The topological polar surface area (TPSA) is 46.1 Å². The van der Waals surface area contributed by atoms with E-state index in [1.807, 2.05) is 7.05 Å². The van der Waals surface area contributed by atoms with Crippen molar-refractivity contribution in [3.63, 3.8) is 0 Å². The Morgan fingerprint density at radius 1 is 0.967 bits per heavy atom. The van der Waals surface area contributed by atoms with Gasteiger partial charge in [-0.3, -0.25) is 9.89 Å². The maximum absolute atomic E-state index is 4.51. The van der Waals surface area contributed by atoms with Gasteiger partial charge in [0.2, 0.25) is 0 Å². The van der Waals surface area contributed by atoms with Crippen LogP contribution in [0.4, 0.5) is 0 Å². The van der Waals surface area contributed by atoms with Crippen molar-refractivity contribution in [1.29, 1.82) is 0 Å². The van der Waals surface area contributed by atoms with E-state index in [2.05, 4.69) is 44.3 Å². The van der Waals surface area contributed by atoms with E-state index in [-0.39, 0.29) is 24.0 Å². The number of likely N-dealkylation sites (tertiary alicyclic amines) is 3. The minimum absolute atomic E-state index is 0. The maximum Gasteiger partial charge on any atom is 0.191 e. The molecule has 176 valence electrons. The van der Waals surface area contributed by atoms with E-state index in [4.69, 9.17) is 0 Å². The molecular weight excluding hydrogens is 487 g/mol. The van der Waals surface area contributed by atoms with Crippen LogP contribution in [0.2, 0.25) is 0 Å². The fourth-order valence-corrected chi connectivity index (χ4v) is 5.27. The minimum Gasteiger partial charge on any atom is -0.356 e. The van der Waals surface area contributed by atoms with E-state index in [1.54, 1.807) is 0 Å². The number of hydrogen-bond acceptors (Lipinski definition) is 4. The summed E-state index contributed by atoms with van der Waals surface area (Å²) < 4.78 is 0. The molecule has 3 aliphatic heterocycles. The molecule has 3 rings (SSSR count). The van der Waals surface area contributed by atoms with Gasteiger partial charge in [-0.25, -0.2) is 0 Å². The van der Waals surface area contributed by atoms with Crippen molar-refractivity contribution in [3.05, 3.63) is 0 Å². The van der Waals surface area contributed by atoms with E-state index >= 15 is 0 Å². The molecule has 0 aromatic rings. The monoisotopic (exact) mass is 534 g/mol. The third-order valence-corrected chi connectivity index (χ3v) is 7.57. The molecule has 7 heteroatoms. The van der Waals surface area contributed by atoms with Gasteiger partial charge in [-0.05, 0) is 104 Å². The summed E-state index contributed by atoms with van der Waals surface area (Å²) in [7, 11) is 4.17. The molecule has 0 bridgehead atoms. The van der Waals surface area contributed by atoms with Gasteiger partial charge in [-0.2, -0.15) is 0 Å². The van der Waals surface area contributed by atoms with Crippen molar-refractivity contribution in [2.24, 2.45) is 10.9 Å². The third-order valence-electron chi connectivity index (χ3n) is 7.57. The molecule has 30 heavy (non-hydrogen) atoms. The minimum atomic E-state index is 0. The second-order valence-corrected chi connectivity index (χ2v) is 9.81. The largest absolute Gasteiger partial charge is 0.356 e. The summed E-state index contributed by atoms with van der Waals surface area (Å²) in [6.07, 6.45) is 10.6. The summed E-state index contributed by atoms with van der Waals surface area (Å²) in [5, 5.41) is 7.27. The van der Waals surface area contributed by atoms with Crippen molar-refractivity contribution in [2.45, 2.75) is 63.8 Å². The van der Waals surface area contributed by atoms with Crippen LogP contribution in [-0.4, -0.2) is 99.2 Å². The predicted octanol–water partition coefficient (Wildman–Crippen LogP) is 2.84. The Morgan fingerprint density at radius 2 is 1.63 bits per heavy atom. The Balaban J connectivity index is 0.00000320. The van der Waals surface area contributed by atoms with Gasteiger partial charge >= 0.3 is 0 Å². The van der Waals surface area contributed by atoms with Crippen molar-refractivity contribution in [1.82, 2.24) is 25.3 Å². The van der Waals surface area contributed by atoms with E-state index in [9.17, 15) is 0 Å². The summed E-state index contributed by atoms with van der Waals surface area (Å²) in [6, 6.07) is 0. The van der Waals surface area contributed by atoms with Gasteiger partial charge in [0.1, 0.15) is 0 Å². The second-order valence-electron chi connectivity index (χ2n) is 9.81. The lowest BCUT2D eigenvalue weighted by Crippen LogP contribution is -2.62. The molecule has 3 saturated heterocycles. The van der Waals surface area contributed by atoms with Gasteiger partial charge in [0, 0.05) is 25.7 Å². The first-order valence-electron chi connectivity index (χ1n) is 12.2. The normalized spacial score (nSPS) is 25.0. The van der Waals surface area contributed by atoms with E-state index in [0.29, 0.717) is 5.54 Å². The number of nitrogens with zero attached hydrogens (tertiary/aromatic N) is 4. The highest BCUT2D eigenvalue weighted by Gasteiger charge is 2.39. The SMILES string of the molecule is CN=C(NCCCN1CCC(C)CC1)NCC1(N2CCCCC2)CCN(C)CC1.I. The molecule has 0 atom stereocenters. The number of aliphatic imine (C=N–C) groups is 1. The quantitative estimate of drug-likeness (QED) is 0.228. The molecule has 0 spiro atoms. The smallest absolute Gasteiger partial charge is 0.191 e. The fourth-order valence-electron chi connectivity index (χ4n) is 5.27. The molecule has 0 aliphatic carbocycles. The highest BCUT2D eigenvalue weighted by molar-refractivity contribution is 14.0. The fraction of sp³-hybridized carbons (Fsp3) is 0.957. The summed E-state index contributed by atoms with van der Waals surface area (Å²) in [4.78, 5) is 12.4. The number of halogens is 1. The lowest BCUT2D eigenvalue weighted by molar-refractivity contribution is 0.0173.